The first-order valence-electron chi connectivity index (χ1n) is 6.05. The van der Waals surface area contributed by atoms with E-state index in [-0.39, 0.29) is 0 Å². The van der Waals surface area contributed by atoms with Gasteiger partial charge in [0.05, 0.1) is 6.20 Å². The number of aromatic nitrogens is 2. The summed E-state index contributed by atoms with van der Waals surface area (Å²) < 4.78 is 9.98. The molecule has 4 rings (SSSR count). The highest BCUT2D eigenvalue weighted by Crippen LogP contribution is 2.16. The monoisotopic (exact) mass is 284 g/mol. The summed E-state index contributed by atoms with van der Waals surface area (Å²) in [5, 5.41) is 4.63. The van der Waals surface area contributed by atoms with Gasteiger partial charge in [0.15, 0.2) is 17.6 Å². The predicted molar refractivity (Wildman–Crippen MR) is 80.0 cm³/mol. The SMILES string of the molecule is Cc1ccc2ncoc2c1.Sc1ccc2oncc2c1. The Morgan fingerprint density at radius 2 is 1.95 bits per heavy atom. The van der Waals surface area contributed by atoms with Gasteiger partial charge >= 0.3 is 0 Å². The first kappa shape index (κ1) is 12.7. The predicted octanol–water partition coefficient (Wildman–Crippen LogP) is 4.25. The Kier molecular flexibility index (Phi) is 3.43. The molecule has 0 N–H and O–H groups in total. The number of fused-ring (bicyclic) bond motifs is 2. The second kappa shape index (κ2) is 5.38. The Labute approximate surface area is 120 Å². The zero-order valence-electron chi connectivity index (χ0n) is 10.8. The van der Waals surface area contributed by atoms with E-state index in [4.69, 9.17) is 8.94 Å². The molecule has 2 heterocycles. The fourth-order valence-electron chi connectivity index (χ4n) is 1.82. The zero-order valence-corrected chi connectivity index (χ0v) is 11.7. The van der Waals surface area contributed by atoms with E-state index >= 15 is 0 Å². The van der Waals surface area contributed by atoms with Crippen LogP contribution in [-0.4, -0.2) is 10.1 Å². The first-order chi connectivity index (χ1) is 9.72. The Bertz CT molecular complexity index is 779. The summed E-state index contributed by atoms with van der Waals surface area (Å²) in [6, 6.07) is 11.6. The molecule has 0 unspecified atom stereocenters. The zero-order chi connectivity index (χ0) is 13.9. The van der Waals surface area contributed by atoms with Crippen molar-refractivity contribution < 1.29 is 8.94 Å². The summed E-state index contributed by atoms with van der Waals surface area (Å²) in [6.07, 6.45) is 3.14. The number of thiol groups is 1. The van der Waals surface area contributed by atoms with Crippen molar-refractivity contribution in [3.63, 3.8) is 0 Å². The average Bonchev–Trinajstić information content (AvgIpc) is 3.06. The lowest BCUT2D eigenvalue weighted by atomic mass is 10.2. The van der Waals surface area contributed by atoms with Crippen LogP contribution in [0.4, 0.5) is 0 Å². The van der Waals surface area contributed by atoms with Gasteiger partial charge in [-0.15, -0.1) is 12.6 Å². The average molecular weight is 284 g/mol. The number of hydrogen-bond acceptors (Lipinski definition) is 5. The molecule has 0 saturated heterocycles. The molecule has 0 bridgehead atoms. The standard InChI is InChI=1S/C8H7NO.C7H5NOS/c1-6-2-3-7-8(4-6)10-5-9-7;10-6-1-2-7-5(3-6)4-8-9-7/h2-5H,1H3;1-4,10H. The van der Waals surface area contributed by atoms with Crippen LogP contribution in [0.2, 0.25) is 0 Å². The Hall–Kier alpha value is -2.27. The molecule has 20 heavy (non-hydrogen) atoms. The number of rotatable bonds is 0. The maximum atomic E-state index is 5.09. The molecule has 0 fully saturated rings. The van der Waals surface area contributed by atoms with Crippen molar-refractivity contribution >= 4 is 34.7 Å². The van der Waals surface area contributed by atoms with Gasteiger partial charge in [-0.1, -0.05) is 11.2 Å². The molecule has 2 aromatic carbocycles. The highest BCUT2D eigenvalue weighted by atomic mass is 32.1. The Morgan fingerprint density at radius 1 is 1.05 bits per heavy atom. The van der Waals surface area contributed by atoms with Gasteiger partial charge in [-0.3, -0.25) is 0 Å². The van der Waals surface area contributed by atoms with Crippen LogP contribution < -0.4 is 0 Å². The van der Waals surface area contributed by atoms with Crippen LogP contribution in [0.1, 0.15) is 5.56 Å². The summed E-state index contributed by atoms with van der Waals surface area (Å²) in [6.45, 7) is 2.03. The van der Waals surface area contributed by atoms with E-state index in [2.05, 4.69) is 22.8 Å². The lowest BCUT2D eigenvalue weighted by molar-refractivity contribution is 0.456. The molecule has 2 aromatic heterocycles. The van der Waals surface area contributed by atoms with E-state index in [1.165, 1.54) is 12.0 Å². The fraction of sp³-hybridized carbons (Fsp3) is 0.0667. The minimum Gasteiger partial charge on any atom is -0.443 e. The molecule has 0 spiro atoms. The molecular weight excluding hydrogens is 272 g/mol. The van der Waals surface area contributed by atoms with Gasteiger partial charge in [-0.05, 0) is 42.8 Å². The molecule has 4 aromatic rings. The molecule has 100 valence electrons. The van der Waals surface area contributed by atoms with Gasteiger partial charge in [-0.2, -0.15) is 0 Å². The third kappa shape index (κ3) is 2.67. The summed E-state index contributed by atoms with van der Waals surface area (Å²) in [4.78, 5) is 4.92. The second-order valence-corrected chi connectivity index (χ2v) is 4.89. The van der Waals surface area contributed by atoms with Crippen molar-refractivity contribution in [3.05, 3.63) is 54.6 Å². The van der Waals surface area contributed by atoms with Crippen LogP contribution in [0.25, 0.3) is 22.1 Å². The maximum Gasteiger partial charge on any atom is 0.181 e. The lowest BCUT2D eigenvalue weighted by Gasteiger charge is -1.87. The van der Waals surface area contributed by atoms with Crippen LogP contribution >= 0.6 is 12.6 Å². The lowest BCUT2D eigenvalue weighted by Crippen LogP contribution is -1.69. The molecule has 0 amide bonds. The minimum absolute atomic E-state index is 0.804. The van der Waals surface area contributed by atoms with Gasteiger partial charge in [-0.25, -0.2) is 4.98 Å². The van der Waals surface area contributed by atoms with E-state index in [1.54, 1.807) is 6.20 Å². The largest absolute Gasteiger partial charge is 0.443 e. The minimum atomic E-state index is 0.804. The van der Waals surface area contributed by atoms with Gasteiger partial charge in [0, 0.05) is 10.3 Å². The fourth-order valence-corrected chi connectivity index (χ4v) is 2.04. The Morgan fingerprint density at radius 3 is 2.85 bits per heavy atom. The molecule has 0 aliphatic heterocycles. The summed E-state index contributed by atoms with van der Waals surface area (Å²) >= 11 is 4.17. The highest BCUT2D eigenvalue weighted by Gasteiger charge is 1.96. The van der Waals surface area contributed by atoms with Crippen molar-refractivity contribution in [1.29, 1.82) is 0 Å². The van der Waals surface area contributed by atoms with Crippen molar-refractivity contribution in [3.8, 4) is 0 Å². The van der Waals surface area contributed by atoms with Crippen LogP contribution in [0.3, 0.4) is 0 Å². The topological polar surface area (TPSA) is 52.1 Å². The normalized spacial score (nSPS) is 10.5. The van der Waals surface area contributed by atoms with E-state index in [1.807, 2.05) is 43.3 Å². The number of aryl methyl sites for hydroxylation is 1. The number of nitrogens with zero attached hydrogens (tertiary/aromatic N) is 2. The van der Waals surface area contributed by atoms with Crippen LogP contribution in [0, 0.1) is 6.92 Å². The maximum absolute atomic E-state index is 5.09. The Balaban J connectivity index is 0.000000121. The van der Waals surface area contributed by atoms with Gasteiger partial charge < -0.3 is 8.94 Å². The number of hydrogen-bond donors (Lipinski definition) is 1. The quantitative estimate of drug-likeness (QED) is 0.490. The van der Waals surface area contributed by atoms with Crippen LogP contribution in [0.15, 0.2) is 62.8 Å². The van der Waals surface area contributed by atoms with E-state index in [0.717, 1.165) is 27.0 Å². The molecule has 0 saturated carbocycles. The van der Waals surface area contributed by atoms with Crippen molar-refractivity contribution in [2.24, 2.45) is 0 Å². The highest BCUT2D eigenvalue weighted by molar-refractivity contribution is 7.80. The molecule has 4 nitrogen and oxygen atoms in total. The molecular formula is C15H12N2O2S. The number of oxazole rings is 1. The van der Waals surface area contributed by atoms with Gasteiger partial charge in [0.25, 0.3) is 0 Å². The smallest absolute Gasteiger partial charge is 0.181 e. The molecule has 0 aliphatic rings. The third-order valence-electron chi connectivity index (χ3n) is 2.82. The third-order valence-corrected chi connectivity index (χ3v) is 3.10. The molecule has 0 aliphatic carbocycles. The molecule has 5 heteroatoms. The van der Waals surface area contributed by atoms with Crippen molar-refractivity contribution in [2.45, 2.75) is 11.8 Å². The van der Waals surface area contributed by atoms with Crippen molar-refractivity contribution in [2.75, 3.05) is 0 Å². The molecule has 0 radical (unpaired) electrons. The van der Waals surface area contributed by atoms with Crippen molar-refractivity contribution in [1.82, 2.24) is 10.1 Å². The van der Waals surface area contributed by atoms with E-state index in [9.17, 15) is 0 Å². The van der Waals surface area contributed by atoms with Gasteiger partial charge in [0.1, 0.15) is 5.52 Å². The summed E-state index contributed by atoms with van der Waals surface area (Å²) in [5.41, 5.74) is 3.78. The summed E-state index contributed by atoms with van der Waals surface area (Å²) in [5.74, 6) is 0. The van der Waals surface area contributed by atoms with Crippen LogP contribution in [0.5, 0.6) is 0 Å². The van der Waals surface area contributed by atoms with E-state index in [0.29, 0.717) is 0 Å². The van der Waals surface area contributed by atoms with Gasteiger partial charge in [0.2, 0.25) is 0 Å². The van der Waals surface area contributed by atoms with Crippen LogP contribution in [-0.2, 0) is 0 Å². The summed E-state index contributed by atoms with van der Waals surface area (Å²) in [7, 11) is 0. The van der Waals surface area contributed by atoms with E-state index < -0.39 is 0 Å². The first-order valence-corrected chi connectivity index (χ1v) is 6.50. The second-order valence-electron chi connectivity index (χ2n) is 4.37. The molecule has 0 atom stereocenters. The number of benzene rings is 2.